The van der Waals surface area contributed by atoms with Crippen molar-refractivity contribution < 1.29 is 9.47 Å². The molecule has 1 heterocycles. The van der Waals surface area contributed by atoms with Gasteiger partial charge in [-0.25, -0.2) is 0 Å². The summed E-state index contributed by atoms with van der Waals surface area (Å²) in [5.41, 5.74) is 1.24. The van der Waals surface area contributed by atoms with E-state index in [0.717, 1.165) is 37.3 Å². The van der Waals surface area contributed by atoms with Gasteiger partial charge in [-0.2, -0.15) is 0 Å². The van der Waals surface area contributed by atoms with Crippen molar-refractivity contribution in [3.63, 3.8) is 0 Å². The van der Waals surface area contributed by atoms with Gasteiger partial charge in [-0.3, -0.25) is 0 Å². The van der Waals surface area contributed by atoms with Crippen LogP contribution in [-0.2, 0) is 0 Å². The van der Waals surface area contributed by atoms with E-state index in [4.69, 9.17) is 9.47 Å². The maximum Gasteiger partial charge on any atom is 0.124 e. The Bertz CT molecular complexity index is 433. The average molecular weight is 291 g/mol. The van der Waals surface area contributed by atoms with Crippen LogP contribution in [0.15, 0.2) is 18.2 Å². The van der Waals surface area contributed by atoms with Crippen molar-refractivity contribution in [2.45, 2.75) is 64.5 Å². The Morgan fingerprint density at radius 3 is 2.81 bits per heavy atom. The molecular weight excluding hydrogens is 262 g/mol. The number of nitrogens with one attached hydrogen (secondary N) is 1. The van der Waals surface area contributed by atoms with Crippen LogP contribution in [0.1, 0.15) is 64.0 Å². The first-order chi connectivity index (χ1) is 10.3. The molecule has 21 heavy (non-hydrogen) atoms. The van der Waals surface area contributed by atoms with E-state index in [0.29, 0.717) is 12.1 Å². The summed E-state index contributed by atoms with van der Waals surface area (Å²) in [6, 6.07) is 6.55. The predicted molar refractivity (Wildman–Crippen MR) is 87.2 cm³/mol. The smallest absolute Gasteiger partial charge is 0.124 e. The van der Waals surface area contributed by atoms with Gasteiger partial charge in [0.05, 0.1) is 7.11 Å². The summed E-state index contributed by atoms with van der Waals surface area (Å²) in [6.45, 7) is 5.50. The fraction of sp³-hybridized carbons (Fsp3) is 0.667. The van der Waals surface area contributed by atoms with E-state index >= 15 is 0 Å². The number of hydrogen-bond acceptors (Lipinski definition) is 3. The van der Waals surface area contributed by atoms with Gasteiger partial charge in [-0.1, -0.05) is 26.7 Å². The van der Waals surface area contributed by atoms with E-state index < -0.39 is 0 Å². The highest BCUT2D eigenvalue weighted by Crippen LogP contribution is 2.38. The van der Waals surface area contributed by atoms with Crippen LogP contribution in [0.3, 0.4) is 0 Å². The van der Waals surface area contributed by atoms with E-state index in [1.54, 1.807) is 7.11 Å². The van der Waals surface area contributed by atoms with Gasteiger partial charge in [0.25, 0.3) is 0 Å². The van der Waals surface area contributed by atoms with E-state index in [9.17, 15) is 0 Å². The van der Waals surface area contributed by atoms with Crippen LogP contribution in [0.5, 0.6) is 11.5 Å². The Morgan fingerprint density at radius 2 is 2.10 bits per heavy atom. The second kappa shape index (κ2) is 8.28. The molecule has 0 radical (unpaired) electrons. The van der Waals surface area contributed by atoms with Crippen LogP contribution in [0.2, 0.25) is 0 Å². The monoisotopic (exact) mass is 291 g/mol. The zero-order valence-electron chi connectivity index (χ0n) is 13.7. The summed E-state index contributed by atoms with van der Waals surface area (Å²) in [4.78, 5) is 0. The van der Waals surface area contributed by atoms with Gasteiger partial charge in [-0.05, 0) is 44.0 Å². The normalized spacial score (nSPS) is 20.7. The van der Waals surface area contributed by atoms with E-state index in [1.165, 1.54) is 24.8 Å². The molecule has 0 aliphatic carbocycles. The van der Waals surface area contributed by atoms with E-state index in [2.05, 4.69) is 31.3 Å². The number of benzene rings is 1. The van der Waals surface area contributed by atoms with Gasteiger partial charge in [0.15, 0.2) is 0 Å². The van der Waals surface area contributed by atoms with Crippen LogP contribution >= 0.6 is 0 Å². The molecular formula is C18H29NO2. The minimum Gasteiger partial charge on any atom is -0.497 e. The van der Waals surface area contributed by atoms with E-state index in [-0.39, 0.29) is 0 Å². The van der Waals surface area contributed by atoms with Crippen molar-refractivity contribution >= 4 is 0 Å². The molecule has 1 aliphatic heterocycles. The molecule has 0 saturated heterocycles. The number of fused-ring (bicyclic) bond motifs is 1. The molecule has 3 nitrogen and oxygen atoms in total. The van der Waals surface area contributed by atoms with Crippen molar-refractivity contribution in [1.29, 1.82) is 0 Å². The van der Waals surface area contributed by atoms with Crippen molar-refractivity contribution in [2.75, 3.05) is 13.7 Å². The lowest BCUT2D eigenvalue weighted by molar-refractivity contribution is 0.137. The van der Waals surface area contributed by atoms with Gasteiger partial charge in [-0.15, -0.1) is 0 Å². The maximum absolute atomic E-state index is 6.19. The summed E-state index contributed by atoms with van der Waals surface area (Å²) < 4.78 is 11.5. The minimum atomic E-state index is 0.340. The highest BCUT2D eigenvalue weighted by Gasteiger charge is 2.28. The lowest BCUT2D eigenvalue weighted by Crippen LogP contribution is -2.33. The van der Waals surface area contributed by atoms with Crippen molar-refractivity contribution in [3.8, 4) is 11.5 Å². The summed E-state index contributed by atoms with van der Waals surface area (Å²) in [5.74, 6) is 1.93. The van der Waals surface area contributed by atoms with Gasteiger partial charge >= 0.3 is 0 Å². The first-order valence-corrected chi connectivity index (χ1v) is 8.36. The molecule has 2 rings (SSSR count). The average Bonchev–Trinajstić information content (AvgIpc) is 2.52. The molecule has 1 aliphatic rings. The van der Waals surface area contributed by atoms with Crippen LogP contribution in [-0.4, -0.2) is 19.8 Å². The number of methoxy groups -OCH3 is 1. The molecule has 0 amide bonds. The maximum atomic E-state index is 6.19. The Balaban J connectivity index is 2.10. The first kappa shape index (κ1) is 16.2. The number of rotatable bonds is 8. The van der Waals surface area contributed by atoms with Gasteiger partial charge in [0, 0.05) is 18.0 Å². The Morgan fingerprint density at radius 1 is 1.24 bits per heavy atom. The number of unbranched alkanes of at least 4 members (excludes halogenated alkanes) is 2. The van der Waals surface area contributed by atoms with Crippen LogP contribution < -0.4 is 14.8 Å². The molecule has 118 valence electrons. The number of hydrogen-bond donors (Lipinski definition) is 1. The highest BCUT2D eigenvalue weighted by atomic mass is 16.5. The molecule has 2 atom stereocenters. The lowest BCUT2D eigenvalue weighted by atomic mass is 9.93. The molecule has 2 unspecified atom stereocenters. The quantitative estimate of drug-likeness (QED) is 0.717. The van der Waals surface area contributed by atoms with Crippen LogP contribution in [0, 0.1) is 0 Å². The molecule has 1 aromatic carbocycles. The Hall–Kier alpha value is -1.22. The summed E-state index contributed by atoms with van der Waals surface area (Å²) in [5, 5.41) is 3.66. The molecule has 0 saturated carbocycles. The SMILES string of the molecule is CCCCCC1CC(NCCC)c2cc(OC)ccc2O1. The molecule has 1 aromatic rings. The van der Waals surface area contributed by atoms with Crippen molar-refractivity contribution in [3.05, 3.63) is 23.8 Å². The van der Waals surface area contributed by atoms with Gasteiger partial charge in [0.2, 0.25) is 0 Å². The van der Waals surface area contributed by atoms with Crippen molar-refractivity contribution in [1.82, 2.24) is 5.32 Å². The first-order valence-electron chi connectivity index (χ1n) is 8.36. The summed E-state index contributed by atoms with van der Waals surface area (Å²) >= 11 is 0. The molecule has 3 heteroatoms. The van der Waals surface area contributed by atoms with Crippen LogP contribution in [0.4, 0.5) is 0 Å². The third kappa shape index (κ3) is 4.37. The second-order valence-electron chi connectivity index (χ2n) is 5.88. The summed E-state index contributed by atoms with van der Waals surface area (Å²) in [6.07, 6.45) is 7.52. The number of ether oxygens (including phenoxy) is 2. The Labute approximate surface area is 129 Å². The van der Waals surface area contributed by atoms with Gasteiger partial charge < -0.3 is 14.8 Å². The zero-order valence-corrected chi connectivity index (χ0v) is 13.7. The topological polar surface area (TPSA) is 30.5 Å². The molecule has 0 bridgehead atoms. The predicted octanol–water partition coefficient (Wildman–Crippen LogP) is 4.47. The third-order valence-corrected chi connectivity index (χ3v) is 4.15. The van der Waals surface area contributed by atoms with Crippen molar-refractivity contribution in [2.24, 2.45) is 0 Å². The van der Waals surface area contributed by atoms with Crippen LogP contribution in [0.25, 0.3) is 0 Å². The molecule has 0 fully saturated rings. The minimum absolute atomic E-state index is 0.340. The van der Waals surface area contributed by atoms with Gasteiger partial charge in [0.1, 0.15) is 17.6 Å². The summed E-state index contributed by atoms with van der Waals surface area (Å²) in [7, 11) is 1.72. The largest absolute Gasteiger partial charge is 0.497 e. The standard InChI is InChI=1S/C18H29NO2/c1-4-6-7-8-15-13-17(19-11-5-2)16-12-14(20-3)9-10-18(16)21-15/h9-10,12,15,17,19H,4-8,11,13H2,1-3H3. The fourth-order valence-corrected chi connectivity index (χ4v) is 2.96. The highest BCUT2D eigenvalue weighted by molar-refractivity contribution is 5.43. The molecule has 1 N–H and O–H groups in total. The molecule has 0 aromatic heterocycles. The third-order valence-electron chi connectivity index (χ3n) is 4.15. The molecule has 0 spiro atoms. The lowest BCUT2D eigenvalue weighted by Gasteiger charge is -2.33. The Kier molecular flexibility index (Phi) is 6.37. The second-order valence-corrected chi connectivity index (χ2v) is 5.88. The van der Waals surface area contributed by atoms with E-state index in [1.807, 2.05) is 6.07 Å². The zero-order chi connectivity index (χ0) is 15.1. The fourth-order valence-electron chi connectivity index (χ4n) is 2.96.